The zero-order valence-corrected chi connectivity index (χ0v) is 12.2. The van der Waals surface area contributed by atoms with E-state index in [0.29, 0.717) is 19.0 Å². The molecule has 1 atom stereocenters. The molecule has 1 aromatic heterocycles. The highest BCUT2D eigenvalue weighted by atomic mass is 16.5. The van der Waals surface area contributed by atoms with E-state index in [-0.39, 0.29) is 0 Å². The molecule has 0 spiro atoms. The van der Waals surface area contributed by atoms with Gasteiger partial charge < -0.3 is 19.1 Å². The van der Waals surface area contributed by atoms with Crippen molar-refractivity contribution in [2.24, 2.45) is 0 Å². The molecule has 110 valence electrons. The molecule has 2 rings (SSSR count). The largest absolute Gasteiger partial charge is 0.501 e. The van der Waals surface area contributed by atoms with Crippen LogP contribution in [0.3, 0.4) is 0 Å². The van der Waals surface area contributed by atoms with Gasteiger partial charge in [0.1, 0.15) is 6.73 Å². The smallest absolute Gasteiger partial charge is 0.155 e. The Balaban J connectivity index is 2.70. The summed E-state index contributed by atoms with van der Waals surface area (Å²) < 4.78 is 12.4. The molecule has 0 radical (unpaired) electrons. The van der Waals surface area contributed by atoms with E-state index < -0.39 is 6.10 Å². The lowest BCUT2D eigenvalue weighted by Gasteiger charge is -2.12. The van der Waals surface area contributed by atoms with Gasteiger partial charge in [0.25, 0.3) is 0 Å². The van der Waals surface area contributed by atoms with Crippen LogP contribution in [0.25, 0.3) is 17.0 Å². The second-order valence-electron chi connectivity index (χ2n) is 4.49. The highest BCUT2D eigenvalue weighted by Gasteiger charge is 2.20. The number of fused-ring (bicyclic) bond motifs is 1. The van der Waals surface area contributed by atoms with Crippen molar-refractivity contribution in [1.29, 1.82) is 0 Å². The standard InChI is InChI=1S/C17H19NO3/c1-4-16(19)17-14(10-11-21-5-2)13-8-6-7-9-15(13)18(17)12-20-3/h1,6-11,16,19H,5,12H2,2-3H3/b11-10+. The first-order valence-electron chi connectivity index (χ1n) is 6.77. The van der Waals surface area contributed by atoms with Crippen LogP contribution in [0.1, 0.15) is 24.3 Å². The topological polar surface area (TPSA) is 43.6 Å². The number of ether oxygens (including phenoxy) is 2. The number of terminal acetylenes is 1. The van der Waals surface area contributed by atoms with E-state index in [1.165, 1.54) is 0 Å². The van der Waals surface area contributed by atoms with E-state index in [1.807, 2.05) is 41.8 Å². The van der Waals surface area contributed by atoms with Crippen LogP contribution in [-0.4, -0.2) is 23.4 Å². The van der Waals surface area contributed by atoms with Gasteiger partial charge in [-0.25, -0.2) is 0 Å². The third-order valence-corrected chi connectivity index (χ3v) is 3.22. The molecule has 0 aliphatic rings. The summed E-state index contributed by atoms with van der Waals surface area (Å²) in [7, 11) is 1.61. The fraction of sp³-hybridized carbons (Fsp3) is 0.294. The van der Waals surface area contributed by atoms with Crippen molar-refractivity contribution in [3.63, 3.8) is 0 Å². The lowest BCUT2D eigenvalue weighted by Crippen LogP contribution is -2.09. The van der Waals surface area contributed by atoms with Crippen molar-refractivity contribution in [2.75, 3.05) is 13.7 Å². The first-order valence-corrected chi connectivity index (χ1v) is 6.77. The molecule has 0 amide bonds. The van der Waals surface area contributed by atoms with Crippen LogP contribution in [0, 0.1) is 12.3 Å². The van der Waals surface area contributed by atoms with Gasteiger partial charge in [-0.05, 0) is 19.1 Å². The predicted molar refractivity (Wildman–Crippen MR) is 83.4 cm³/mol. The van der Waals surface area contributed by atoms with Crippen LogP contribution < -0.4 is 0 Å². The monoisotopic (exact) mass is 285 g/mol. The number of para-hydroxylation sites is 1. The van der Waals surface area contributed by atoms with Gasteiger partial charge in [0, 0.05) is 18.1 Å². The molecule has 0 saturated carbocycles. The predicted octanol–water partition coefficient (Wildman–Crippen LogP) is 2.92. The van der Waals surface area contributed by atoms with Crippen LogP contribution in [0.5, 0.6) is 0 Å². The first-order chi connectivity index (χ1) is 10.2. The third kappa shape index (κ3) is 2.94. The number of aliphatic hydroxyl groups is 1. The molecule has 2 aromatic rings. The molecule has 0 saturated heterocycles. The number of aromatic nitrogens is 1. The summed E-state index contributed by atoms with van der Waals surface area (Å²) >= 11 is 0. The van der Waals surface area contributed by atoms with E-state index in [1.54, 1.807) is 13.4 Å². The Labute approximate surface area is 124 Å². The van der Waals surface area contributed by atoms with Crippen molar-refractivity contribution >= 4 is 17.0 Å². The zero-order valence-electron chi connectivity index (χ0n) is 12.2. The summed E-state index contributed by atoms with van der Waals surface area (Å²) in [6.45, 7) is 2.81. The van der Waals surface area contributed by atoms with E-state index in [4.69, 9.17) is 15.9 Å². The molecular weight excluding hydrogens is 266 g/mol. The molecule has 0 aliphatic heterocycles. The second-order valence-corrected chi connectivity index (χ2v) is 4.49. The molecule has 1 N–H and O–H groups in total. The summed E-state index contributed by atoms with van der Waals surface area (Å²) in [5.74, 6) is 2.38. The Morgan fingerprint density at radius 2 is 2.19 bits per heavy atom. The molecule has 0 aliphatic carbocycles. The minimum Gasteiger partial charge on any atom is -0.501 e. The van der Waals surface area contributed by atoms with E-state index in [2.05, 4.69) is 5.92 Å². The van der Waals surface area contributed by atoms with Gasteiger partial charge in [0.15, 0.2) is 6.10 Å². The number of methoxy groups -OCH3 is 1. The van der Waals surface area contributed by atoms with E-state index >= 15 is 0 Å². The number of aliphatic hydroxyl groups excluding tert-OH is 1. The number of hydrogen-bond acceptors (Lipinski definition) is 3. The van der Waals surface area contributed by atoms with Crippen molar-refractivity contribution in [3.05, 3.63) is 41.8 Å². The minimum absolute atomic E-state index is 0.317. The van der Waals surface area contributed by atoms with Crippen molar-refractivity contribution in [2.45, 2.75) is 19.8 Å². The van der Waals surface area contributed by atoms with Gasteiger partial charge in [-0.2, -0.15) is 0 Å². The summed E-state index contributed by atoms with van der Waals surface area (Å²) in [6, 6.07) is 7.85. The molecule has 4 nitrogen and oxygen atoms in total. The Morgan fingerprint density at radius 3 is 2.86 bits per heavy atom. The summed E-state index contributed by atoms with van der Waals surface area (Å²) in [5.41, 5.74) is 2.44. The van der Waals surface area contributed by atoms with Gasteiger partial charge in [-0.1, -0.05) is 24.1 Å². The molecule has 1 heterocycles. The minimum atomic E-state index is -1.01. The molecular formula is C17H19NO3. The molecule has 4 heteroatoms. The van der Waals surface area contributed by atoms with Crippen LogP contribution in [0.2, 0.25) is 0 Å². The van der Waals surface area contributed by atoms with Crippen LogP contribution >= 0.6 is 0 Å². The maximum atomic E-state index is 10.2. The average molecular weight is 285 g/mol. The number of nitrogens with zero attached hydrogens (tertiary/aromatic N) is 1. The summed E-state index contributed by atoms with van der Waals surface area (Å²) in [5, 5.41) is 11.2. The van der Waals surface area contributed by atoms with E-state index in [9.17, 15) is 5.11 Å². The molecule has 21 heavy (non-hydrogen) atoms. The fourth-order valence-electron chi connectivity index (χ4n) is 2.38. The van der Waals surface area contributed by atoms with Gasteiger partial charge in [0.05, 0.1) is 24.1 Å². The molecule has 1 aromatic carbocycles. The Morgan fingerprint density at radius 1 is 1.43 bits per heavy atom. The number of hydrogen-bond donors (Lipinski definition) is 1. The Kier molecular flexibility index (Phi) is 5.04. The number of rotatable bonds is 6. The number of benzene rings is 1. The summed E-state index contributed by atoms with van der Waals surface area (Å²) in [4.78, 5) is 0. The van der Waals surface area contributed by atoms with Crippen LogP contribution in [0.4, 0.5) is 0 Å². The van der Waals surface area contributed by atoms with Crippen LogP contribution in [-0.2, 0) is 16.2 Å². The summed E-state index contributed by atoms with van der Waals surface area (Å²) in [6.07, 6.45) is 7.84. The van der Waals surface area contributed by atoms with Gasteiger partial charge in [-0.15, -0.1) is 6.42 Å². The maximum absolute atomic E-state index is 10.2. The lowest BCUT2D eigenvalue weighted by atomic mass is 10.1. The van der Waals surface area contributed by atoms with Crippen LogP contribution in [0.15, 0.2) is 30.5 Å². The van der Waals surface area contributed by atoms with Gasteiger partial charge >= 0.3 is 0 Å². The molecule has 0 fully saturated rings. The molecule has 0 bridgehead atoms. The van der Waals surface area contributed by atoms with Crippen molar-refractivity contribution in [1.82, 2.24) is 4.57 Å². The fourth-order valence-corrected chi connectivity index (χ4v) is 2.38. The molecule has 1 unspecified atom stereocenters. The average Bonchev–Trinajstić information content (AvgIpc) is 2.82. The maximum Gasteiger partial charge on any atom is 0.155 e. The third-order valence-electron chi connectivity index (χ3n) is 3.22. The lowest BCUT2D eigenvalue weighted by molar-refractivity contribution is 0.124. The normalized spacial score (nSPS) is 12.7. The van der Waals surface area contributed by atoms with Crippen molar-refractivity contribution in [3.8, 4) is 12.3 Å². The van der Waals surface area contributed by atoms with E-state index in [0.717, 1.165) is 16.5 Å². The quantitative estimate of drug-likeness (QED) is 0.655. The van der Waals surface area contributed by atoms with Crippen molar-refractivity contribution < 1.29 is 14.6 Å². The SMILES string of the molecule is C#CC(O)c1c(/C=C/OCC)c2ccccc2n1COC. The Hall–Kier alpha value is -2.22. The van der Waals surface area contributed by atoms with Gasteiger partial charge in [0.2, 0.25) is 0 Å². The first kappa shape index (κ1) is 15.2. The highest BCUT2D eigenvalue weighted by molar-refractivity contribution is 5.91. The second kappa shape index (κ2) is 6.98. The van der Waals surface area contributed by atoms with Gasteiger partial charge in [-0.3, -0.25) is 0 Å². The zero-order chi connectivity index (χ0) is 15.2. The highest BCUT2D eigenvalue weighted by Crippen LogP contribution is 2.31. The Bertz CT molecular complexity index is 679.